The second kappa shape index (κ2) is 7.16. The summed E-state index contributed by atoms with van der Waals surface area (Å²) in [4.78, 5) is 34.5. The zero-order valence-corrected chi connectivity index (χ0v) is 14.8. The van der Waals surface area contributed by atoms with E-state index >= 15 is 0 Å². The van der Waals surface area contributed by atoms with Crippen LogP contribution in [0, 0.1) is 0 Å². The topological polar surface area (TPSA) is 95.9 Å². The molecule has 128 valence electrons. The summed E-state index contributed by atoms with van der Waals surface area (Å²) in [5, 5.41) is 9.91. The van der Waals surface area contributed by atoms with Crippen LogP contribution >= 0.6 is 22.9 Å². The molecule has 0 unspecified atom stereocenters. The average Bonchev–Trinajstić information content (AvgIpc) is 3.22. The second-order valence-electron chi connectivity index (χ2n) is 5.34. The highest BCUT2D eigenvalue weighted by atomic mass is 35.5. The molecule has 0 aliphatic rings. The highest BCUT2D eigenvalue weighted by molar-refractivity contribution is 7.16. The van der Waals surface area contributed by atoms with Gasteiger partial charge in [-0.05, 0) is 12.0 Å². The molecule has 2 aromatic heterocycles. The first-order chi connectivity index (χ1) is 12.0. The highest BCUT2D eigenvalue weighted by Gasteiger charge is 2.15. The van der Waals surface area contributed by atoms with Crippen molar-refractivity contribution < 1.29 is 14.7 Å². The van der Waals surface area contributed by atoms with Crippen molar-refractivity contribution in [2.45, 2.75) is 19.8 Å². The molecular weight excluding hydrogens is 362 g/mol. The summed E-state index contributed by atoms with van der Waals surface area (Å²) >= 11 is 7.07. The molecule has 3 rings (SSSR count). The number of carboxylic acid groups (broad SMARTS) is 1. The summed E-state index contributed by atoms with van der Waals surface area (Å²) in [5.74, 6) is -0.872. The van der Waals surface area contributed by atoms with Gasteiger partial charge < -0.3 is 10.1 Å². The monoisotopic (exact) mass is 375 g/mol. The fourth-order valence-corrected chi connectivity index (χ4v) is 3.32. The number of carboxylic acids is 1. The first kappa shape index (κ1) is 17.3. The van der Waals surface area contributed by atoms with Crippen LogP contribution in [0.1, 0.15) is 38.5 Å². The van der Waals surface area contributed by atoms with Gasteiger partial charge in [-0.2, -0.15) is 0 Å². The van der Waals surface area contributed by atoms with Gasteiger partial charge in [0.25, 0.3) is 0 Å². The fourth-order valence-electron chi connectivity index (χ4n) is 2.30. The van der Waals surface area contributed by atoms with Crippen LogP contribution in [0.5, 0.6) is 0 Å². The number of aromatic carboxylic acids is 1. The number of ketones is 1. The minimum atomic E-state index is -0.991. The SMILES string of the molecule is CCc1[nH]c(C(=O)Cc2ccc(-c3ncc(C(=O)O)s3)cc2)nc1Cl. The van der Waals surface area contributed by atoms with E-state index in [0.29, 0.717) is 16.6 Å². The molecule has 0 saturated carbocycles. The molecule has 6 nitrogen and oxygen atoms in total. The summed E-state index contributed by atoms with van der Waals surface area (Å²) in [7, 11) is 0. The van der Waals surface area contributed by atoms with Crippen molar-refractivity contribution in [3.63, 3.8) is 0 Å². The van der Waals surface area contributed by atoms with Gasteiger partial charge in [0.1, 0.15) is 9.88 Å². The first-order valence-corrected chi connectivity index (χ1v) is 8.73. The molecule has 2 N–H and O–H groups in total. The van der Waals surface area contributed by atoms with E-state index in [1.54, 1.807) is 0 Å². The second-order valence-corrected chi connectivity index (χ2v) is 6.73. The molecule has 0 fully saturated rings. The Kier molecular flexibility index (Phi) is 4.96. The molecule has 0 radical (unpaired) electrons. The smallest absolute Gasteiger partial charge is 0.347 e. The van der Waals surface area contributed by atoms with E-state index in [0.717, 1.165) is 28.2 Å². The van der Waals surface area contributed by atoms with Gasteiger partial charge in [-0.1, -0.05) is 42.8 Å². The molecule has 0 amide bonds. The highest BCUT2D eigenvalue weighted by Crippen LogP contribution is 2.25. The normalized spacial score (nSPS) is 10.8. The predicted molar refractivity (Wildman–Crippen MR) is 95.5 cm³/mol. The molecule has 0 atom stereocenters. The fraction of sp³-hybridized carbons (Fsp3) is 0.176. The number of imidazole rings is 1. The lowest BCUT2D eigenvalue weighted by Gasteiger charge is -2.01. The molecule has 0 aliphatic carbocycles. The first-order valence-electron chi connectivity index (χ1n) is 7.54. The maximum absolute atomic E-state index is 12.3. The zero-order valence-electron chi connectivity index (χ0n) is 13.2. The minimum absolute atomic E-state index is 0.142. The van der Waals surface area contributed by atoms with E-state index in [2.05, 4.69) is 15.0 Å². The van der Waals surface area contributed by atoms with E-state index in [1.807, 2.05) is 31.2 Å². The van der Waals surface area contributed by atoms with Crippen molar-refractivity contribution in [3.05, 3.63) is 57.6 Å². The van der Waals surface area contributed by atoms with E-state index in [9.17, 15) is 9.59 Å². The van der Waals surface area contributed by atoms with Crippen LogP contribution in [0.2, 0.25) is 5.15 Å². The maximum Gasteiger partial charge on any atom is 0.347 e. The van der Waals surface area contributed by atoms with Gasteiger partial charge in [0.15, 0.2) is 11.0 Å². The van der Waals surface area contributed by atoms with Gasteiger partial charge in [0.2, 0.25) is 5.78 Å². The van der Waals surface area contributed by atoms with Gasteiger partial charge in [-0.25, -0.2) is 14.8 Å². The van der Waals surface area contributed by atoms with Gasteiger partial charge in [-0.3, -0.25) is 4.79 Å². The van der Waals surface area contributed by atoms with Crippen LogP contribution in [0.4, 0.5) is 0 Å². The van der Waals surface area contributed by atoms with Crippen LogP contribution in [0.15, 0.2) is 30.5 Å². The zero-order chi connectivity index (χ0) is 18.0. The lowest BCUT2D eigenvalue weighted by Crippen LogP contribution is -2.05. The molecule has 3 aromatic rings. The van der Waals surface area contributed by atoms with E-state index in [4.69, 9.17) is 16.7 Å². The average molecular weight is 376 g/mol. The van der Waals surface area contributed by atoms with Gasteiger partial charge in [-0.15, -0.1) is 11.3 Å². The summed E-state index contributed by atoms with van der Waals surface area (Å²) in [6.07, 6.45) is 2.22. The van der Waals surface area contributed by atoms with Crippen molar-refractivity contribution in [2.24, 2.45) is 0 Å². The Morgan fingerprint density at radius 1 is 1.28 bits per heavy atom. The Bertz CT molecular complexity index is 931. The number of carbonyl (C=O) groups excluding carboxylic acids is 1. The van der Waals surface area contributed by atoms with Crippen LogP contribution in [0.3, 0.4) is 0 Å². The Labute approximate surface area is 152 Å². The van der Waals surface area contributed by atoms with Gasteiger partial charge >= 0.3 is 5.97 Å². The third-order valence-electron chi connectivity index (χ3n) is 3.63. The molecular formula is C17H14ClN3O3S. The molecule has 0 aliphatic heterocycles. The Hall–Kier alpha value is -2.51. The summed E-state index contributed by atoms with van der Waals surface area (Å²) in [6, 6.07) is 7.28. The third kappa shape index (κ3) is 3.78. The molecule has 0 saturated heterocycles. The summed E-state index contributed by atoms with van der Waals surface area (Å²) in [6.45, 7) is 1.93. The lowest BCUT2D eigenvalue weighted by molar-refractivity contribution is 0.0701. The van der Waals surface area contributed by atoms with Crippen molar-refractivity contribution >= 4 is 34.7 Å². The molecule has 2 heterocycles. The van der Waals surface area contributed by atoms with Crippen molar-refractivity contribution in [3.8, 4) is 10.6 Å². The van der Waals surface area contributed by atoms with E-state index in [1.165, 1.54) is 6.20 Å². The predicted octanol–water partition coefficient (Wildman–Crippen LogP) is 3.87. The number of benzene rings is 1. The number of aromatic amines is 1. The molecule has 0 bridgehead atoms. The van der Waals surface area contributed by atoms with E-state index < -0.39 is 5.97 Å². The largest absolute Gasteiger partial charge is 0.477 e. The number of H-pyrrole nitrogens is 1. The van der Waals surface area contributed by atoms with Crippen LogP contribution in [-0.2, 0) is 12.8 Å². The van der Waals surface area contributed by atoms with Crippen LogP contribution < -0.4 is 0 Å². The number of halogens is 1. The van der Waals surface area contributed by atoms with Crippen molar-refractivity contribution in [1.29, 1.82) is 0 Å². The van der Waals surface area contributed by atoms with E-state index in [-0.39, 0.29) is 22.9 Å². The Morgan fingerprint density at radius 3 is 2.56 bits per heavy atom. The number of carbonyl (C=O) groups is 2. The number of aromatic nitrogens is 3. The molecule has 25 heavy (non-hydrogen) atoms. The van der Waals surface area contributed by atoms with Crippen LogP contribution in [-0.4, -0.2) is 31.8 Å². The Balaban J connectivity index is 1.73. The quantitative estimate of drug-likeness (QED) is 0.637. The van der Waals surface area contributed by atoms with Crippen molar-refractivity contribution in [2.75, 3.05) is 0 Å². The number of hydrogen-bond donors (Lipinski definition) is 2. The third-order valence-corrected chi connectivity index (χ3v) is 4.98. The van der Waals surface area contributed by atoms with Gasteiger partial charge in [0, 0.05) is 12.0 Å². The number of nitrogens with one attached hydrogen (secondary N) is 1. The lowest BCUT2D eigenvalue weighted by atomic mass is 10.1. The maximum atomic E-state index is 12.3. The van der Waals surface area contributed by atoms with Gasteiger partial charge in [0.05, 0.1) is 11.9 Å². The molecule has 1 aromatic carbocycles. The number of Topliss-reactive ketones (excluding diaryl/α,β-unsaturated/α-hetero) is 1. The number of thiazole rings is 1. The van der Waals surface area contributed by atoms with Crippen LogP contribution in [0.25, 0.3) is 10.6 Å². The minimum Gasteiger partial charge on any atom is -0.477 e. The summed E-state index contributed by atoms with van der Waals surface area (Å²) < 4.78 is 0. The molecule has 0 spiro atoms. The summed E-state index contributed by atoms with van der Waals surface area (Å²) in [5.41, 5.74) is 2.38. The van der Waals surface area contributed by atoms with Crippen molar-refractivity contribution in [1.82, 2.24) is 15.0 Å². The standard InChI is InChI=1S/C17H14ClN3O3S/c1-2-11-14(18)21-15(20-11)12(22)7-9-3-5-10(6-4-9)16-19-8-13(25-16)17(23)24/h3-6,8H,2,7H2,1H3,(H,20,21)(H,23,24). The number of nitrogens with zero attached hydrogens (tertiary/aromatic N) is 2. The number of rotatable bonds is 6. The molecule has 8 heteroatoms. The Morgan fingerprint density at radius 2 is 2.00 bits per heavy atom. The number of hydrogen-bond acceptors (Lipinski definition) is 5. The number of aryl methyl sites for hydroxylation is 1.